The quantitative estimate of drug-likeness (QED) is 0.796. The lowest BCUT2D eigenvalue weighted by Crippen LogP contribution is -2.17. The van der Waals surface area contributed by atoms with E-state index in [1.54, 1.807) is 10.7 Å². The van der Waals surface area contributed by atoms with Crippen molar-refractivity contribution in [2.75, 3.05) is 5.73 Å². The van der Waals surface area contributed by atoms with Crippen LogP contribution in [0.15, 0.2) is 30.7 Å². The van der Waals surface area contributed by atoms with E-state index in [4.69, 9.17) is 5.73 Å². The van der Waals surface area contributed by atoms with E-state index in [0.29, 0.717) is 12.3 Å². The number of aromatic nitrogens is 5. The molecule has 1 atom stereocenters. The van der Waals surface area contributed by atoms with Crippen LogP contribution in [0.1, 0.15) is 38.1 Å². The van der Waals surface area contributed by atoms with Gasteiger partial charge in [-0.1, -0.05) is 12.8 Å². The van der Waals surface area contributed by atoms with Crippen LogP contribution in [0, 0.1) is 17.2 Å². The minimum atomic E-state index is 0.133. The fourth-order valence-corrected chi connectivity index (χ4v) is 3.72. The molecule has 3 heterocycles. The Morgan fingerprint density at radius 2 is 2.21 bits per heavy atom. The molecule has 0 bridgehead atoms. The molecule has 24 heavy (non-hydrogen) atoms. The smallest absolute Gasteiger partial charge is 0.238 e. The summed E-state index contributed by atoms with van der Waals surface area (Å²) in [6.45, 7) is 0. The van der Waals surface area contributed by atoms with Crippen LogP contribution < -0.4 is 5.73 Å². The second-order valence-corrected chi connectivity index (χ2v) is 6.34. The second-order valence-electron chi connectivity index (χ2n) is 6.34. The van der Waals surface area contributed by atoms with Crippen LogP contribution in [0.4, 0.5) is 5.95 Å². The number of nitriles is 1. The standard InChI is InChI=1S/C17H19N7/c18-8-7-14(12-4-1-2-5-12)24-11-13(10-20-24)16-15-6-3-9-23(15)22-17(19)21-16/h3,6,9-12,14H,1-2,4-5,7H2,(H2,19,22). The molecule has 4 rings (SSSR count). The molecule has 1 unspecified atom stereocenters. The summed E-state index contributed by atoms with van der Waals surface area (Å²) in [5, 5.41) is 17.9. The molecule has 3 aromatic heterocycles. The maximum atomic E-state index is 9.20. The van der Waals surface area contributed by atoms with Crippen LogP contribution in [0.2, 0.25) is 0 Å². The van der Waals surface area contributed by atoms with Crippen molar-refractivity contribution >= 4 is 11.5 Å². The van der Waals surface area contributed by atoms with E-state index >= 15 is 0 Å². The Morgan fingerprint density at radius 1 is 1.38 bits per heavy atom. The van der Waals surface area contributed by atoms with Crippen molar-refractivity contribution in [3.63, 3.8) is 0 Å². The highest BCUT2D eigenvalue weighted by molar-refractivity contribution is 5.76. The van der Waals surface area contributed by atoms with Gasteiger partial charge in [0.05, 0.1) is 30.2 Å². The van der Waals surface area contributed by atoms with Gasteiger partial charge < -0.3 is 5.73 Å². The molecule has 1 aliphatic rings. The topological polar surface area (TPSA) is 97.8 Å². The average Bonchev–Trinajstić information content (AvgIpc) is 3.31. The van der Waals surface area contributed by atoms with Crippen LogP contribution in [-0.4, -0.2) is 24.4 Å². The molecule has 1 saturated carbocycles. The van der Waals surface area contributed by atoms with Crippen LogP contribution in [0.5, 0.6) is 0 Å². The number of rotatable bonds is 4. The maximum absolute atomic E-state index is 9.20. The van der Waals surface area contributed by atoms with E-state index in [0.717, 1.165) is 16.8 Å². The van der Waals surface area contributed by atoms with E-state index < -0.39 is 0 Å². The van der Waals surface area contributed by atoms with E-state index in [9.17, 15) is 5.26 Å². The zero-order valence-corrected chi connectivity index (χ0v) is 13.3. The number of hydrogen-bond acceptors (Lipinski definition) is 5. The van der Waals surface area contributed by atoms with Crippen molar-refractivity contribution in [1.82, 2.24) is 24.4 Å². The Bertz CT molecular complexity index is 895. The number of hydrogen-bond donors (Lipinski definition) is 1. The monoisotopic (exact) mass is 321 g/mol. The zero-order chi connectivity index (χ0) is 16.5. The highest BCUT2D eigenvalue weighted by Crippen LogP contribution is 2.36. The van der Waals surface area contributed by atoms with Crippen LogP contribution in [0.25, 0.3) is 16.8 Å². The Balaban J connectivity index is 1.73. The summed E-state index contributed by atoms with van der Waals surface area (Å²) in [5.74, 6) is 0.756. The highest BCUT2D eigenvalue weighted by Gasteiger charge is 2.27. The molecular formula is C17H19N7. The lowest BCUT2D eigenvalue weighted by Gasteiger charge is -2.21. The van der Waals surface area contributed by atoms with Gasteiger partial charge >= 0.3 is 0 Å². The zero-order valence-electron chi connectivity index (χ0n) is 13.3. The predicted molar refractivity (Wildman–Crippen MR) is 89.8 cm³/mol. The molecular weight excluding hydrogens is 302 g/mol. The van der Waals surface area contributed by atoms with Gasteiger partial charge in [0.2, 0.25) is 5.95 Å². The summed E-state index contributed by atoms with van der Waals surface area (Å²) in [6, 6.07) is 6.31. The summed E-state index contributed by atoms with van der Waals surface area (Å²) in [7, 11) is 0. The number of nitrogens with two attached hydrogens (primary N) is 1. The fourth-order valence-electron chi connectivity index (χ4n) is 3.72. The molecule has 3 aromatic rings. The minimum Gasteiger partial charge on any atom is -0.367 e. The van der Waals surface area contributed by atoms with Crippen molar-refractivity contribution in [3.05, 3.63) is 30.7 Å². The summed E-state index contributed by atoms with van der Waals surface area (Å²) in [5.41, 5.74) is 8.37. The summed E-state index contributed by atoms with van der Waals surface area (Å²) >= 11 is 0. The third kappa shape index (κ3) is 2.50. The number of fused-ring (bicyclic) bond motifs is 1. The fraction of sp³-hybridized carbons (Fsp3) is 0.412. The number of nitrogen functional groups attached to an aromatic ring is 1. The molecule has 1 aliphatic carbocycles. The molecule has 0 spiro atoms. The second kappa shape index (κ2) is 5.96. The molecule has 7 nitrogen and oxygen atoms in total. The van der Waals surface area contributed by atoms with Crippen molar-refractivity contribution in [3.8, 4) is 17.3 Å². The van der Waals surface area contributed by atoms with E-state index in [1.807, 2.05) is 29.2 Å². The van der Waals surface area contributed by atoms with Gasteiger partial charge in [0, 0.05) is 18.0 Å². The van der Waals surface area contributed by atoms with Gasteiger partial charge in [-0.2, -0.15) is 10.4 Å². The largest absolute Gasteiger partial charge is 0.367 e. The molecule has 0 amide bonds. The van der Waals surface area contributed by atoms with Gasteiger partial charge in [-0.05, 0) is 30.9 Å². The first-order chi connectivity index (χ1) is 11.8. The van der Waals surface area contributed by atoms with Crippen LogP contribution in [-0.2, 0) is 0 Å². The van der Waals surface area contributed by atoms with E-state index in [-0.39, 0.29) is 12.0 Å². The first-order valence-electron chi connectivity index (χ1n) is 8.28. The third-order valence-electron chi connectivity index (χ3n) is 4.87. The first-order valence-corrected chi connectivity index (χ1v) is 8.28. The Labute approximate surface area is 139 Å². The molecule has 0 aromatic carbocycles. The molecule has 7 heteroatoms. The molecule has 0 radical (unpaired) electrons. The van der Waals surface area contributed by atoms with Crippen LogP contribution >= 0.6 is 0 Å². The highest BCUT2D eigenvalue weighted by atomic mass is 15.3. The average molecular weight is 321 g/mol. The van der Waals surface area contributed by atoms with Gasteiger partial charge in [0.25, 0.3) is 0 Å². The van der Waals surface area contributed by atoms with Crippen molar-refractivity contribution in [2.24, 2.45) is 5.92 Å². The van der Waals surface area contributed by atoms with Crippen molar-refractivity contribution in [1.29, 1.82) is 5.26 Å². The summed E-state index contributed by atoms with van der Waals surface area (Å²) in [6.07, 6.45) is 10.9. The maximum Gasteiger partial charge on any atom is 0.238 e. The van der Waals surface area contributed by atoms with Crippen molar-refractivity contribution in [2.45, 2.75) is 38.1 Å². The lowest BCUT2D eigenvalue weighted by molar-refractivity contribution is 0.315. The number of anilines is 1. The lowest BCUT2D eigenvalue weighted by atomic mass is 9.96. The van der Waals surface area contributed by atoms with Gasteiger partial charge in [0.1, 0.15) is 5.69 Å². The number of nitrogens with zero attached hydrogens (tertiary/aromatic N) is 6. The predicted octanol–water partition coefficient (Wildman–Crippen LogP) is 2.82. The van der Waals surface area contributed by atoms with Gasteiger partial charge in [-0.25, -0.2) is 9.50 Å². The minimum absolute atomic E-state index is 0.133. The van der Waals surface area contributed by atoms with Crippen LogP contribution in [0.3, 0.4) is 0 Å². The van der Waals surface area contributed by atoms with E-state index in [2.05, 4.69) is 21.3 Å². The normalized spacial score (nSPS) is 16.5. The molecule has 0 saturated heterocycles. The summed E-state index contributed by atoms with van der Waals surface area (Å²) < 4.78 is 3.66. The SMILES string of the molecule is N#CCC(C1CCCC1)n1cc(-c2nc(N)nn3cccc23)cn1. The first kappa shape index (κ1) is 14.7. The Morgan fingerprint density at radius 3 is 3.00 bits per heavy atom. The summed E-state index contributed by atoms with van der Waals surface area (Å²) in [4.78, 5) is 4.39. The molecule has 1 fully saturated rings. The molecule has 122 valence electrons. The van der Waals surface area contributed by atoms with Gasteiger partial charge in [-0.15, -0.1) is 5.10 Å². The molecule has 2 N–H and O–H groups in total. The Kier molecular flexibility index (Phi) is 3.65. The van der Waals surface area contributed by atoms with Crippen molar-refractivity contribution < 1.29 is 0 Å². The van der Waals surface area contributed by atoms with Gasteiger partial charge in [0.15, 0.2) is 0 Å². The van der Waals surface area contributed by atoms with Gasteiger partial charge in [-0.3, -0.25) is 4.68 Å². The Hall–Kier alpha value is -2.88. The molecule has 0 aliphatic heterocycles. The van der Waals surface area contributed by atoms with E-state index in [1.165, 1.54) is 25.7 Å². The third-order valence-corrected chi connectivity index (χ3v) is 4.87.